The molecule has 6 rings (SSSR count). The number of aliphatic hydroxyl groups is 2. The van der Waals surface area contributed by atoms with E-state index in [1.807, 2.05) is 19.9 Å². The molecule has 6 fully saturated rings. The highest BCUT2D eigenvalue weighted by molar-refractivity contribution is 5.91. The van der Waals surface area contributed by atoms with Gasteiger partial charge in [0, 0.05) is 12.8 Å². The first-order chi connectivity index (χ1) is 17.2. The molecule has 0 amide bonds. The molecule has 2 N–H and O–H groups in total. The van der Waals surface area contributed by atoms with Crippen LogP contribution in [0.5, 0.6) is 0 Å². The maximum Gasteiger partial charge on any atom is 0.336 e. The summed E-state index contributed by atoms with van der Waals surface area (Å²) < 4.78 is 24.2. The maximum atomic E-state index is 12.0. The Labute approximate surface area is 221 Å². The Hall–Kier alpha value is -1.25. The largest absolute Gasteiger partial charge is 0.459 e. The molecule has 7 heteroatoms. The van der Waals surface area contributed by atoms with Crippen LogP contribution in [0.15, 0.2) is 23.8 Å². The van der Waals surface area contributed by atoms with Gasteiger partial charge in [-0.2, -0.15) is 0 Å². The number of allylic oxidation sites excluding steroid dienone is 2. The van der Waals surface area contributed by atoms with Crippen LogP contribution in [0.25, 0.3) is 0 Å². The molecule has 1 saturated carbocycles. The molecule has 1 aliphatic carbocycles. The number of esters is 1. The Morgan fingerprint density at radius 2 is 1.78 bits per heavy atom. The van der Waals surface area contributed by atoms with E-state index in [9.17, 15) is 15.0 Å². The quantitative estimate of drug-likeness (QED) is 0.307. The zero-order chi connectivity index (χ0) is 26.9. The molecule has 7 atom stereocenters. The predicted molar refractivity (Wildman–Crippen MR) is 138 cm³/mol. The Morgan fingerprint density at radius 1 is 1.03 bits per heavy atom. The molecule has 0 unspecified atom stereocenters. The van der Waals surface area contributed by atoms with Crippen molar-refractivity contribution in [3.05, 3.63) is 23.8 Å². The molecule has 1 spiro atoms. The SMILES string of the molecule is C=C1CC[C@@H](CC[C@@H]2CC[C@]3(OC2)O[C@@]2(O)CC[C@]3(C)OC2(C)C)C(C)(C)[C@H]1C/C=C1\C(=O)OC[C@@H]1O. The molecule has 0 aromatic heterocycles. The van der Waals surface area contributed by atoms with Gasteiger partial charge in [0.2, 0.25) is 5.79 Å². The molecule has 37 heavy (non-hydrogen) atoms. The van der Waals surface area contributed by atoms with Crippen molar-refractivity contribution in [3.8, 4) is 0 Å². The van der Waals surface area contributed by atoms with E-state index in [0.717, 1.165) is 44.9 Å². The van der Waals surface area contributed by atoms with Crippen LogP contribution >= 0.6 is 0 Å². The van der Waals surface area contributed by atoms with Crippen LogP contribution in [0.2, 0.25) is 0 Å². The van der Waals surface area contributed by atoms with Crippen molar-refractivity contribution in [1.82, 2.24) is 0 Å². The van der Waals surface area contributed by atoms with Crippen LogP contribution in [0.1, 0.15) is 92.4 Å². The number of hydrogen-bond acceptors (Lipinski definition) is 7. The van der Waals surface area contributed by atoms with E-state index < -0.39 is 34.8 Å². The van der Waals surface area contributed by atoms with Gasteiger partial charge in [0.15, 0.2) is 5.79 Å². The predicted octanol–water partition coefficient (Wildman–Crippen LogP) is 4.80. The van der Waals surface area contributed by atoms with E-state index in [0.29, 0.717) is 36.9 Å². The number of carbonyl (C=O) groups excluding carboxylic acids is 1. The summed E-state index contributed by atoms with van der Waals surface area (Å²) in [6.07, 6.45) is 9.09. The average molecular weight is 519 g/mol. The van der Waals surface area contributed by atoms with Crippen LogP contribution in [0.3, 0.4) is 0 Å². The van der Waals surface area contributed by atoms with Crippen LogP contribution in [0.4, 0.5) is 0 Å². The minimum absolute atomic E-state index is 0.0401. The van der Waals surface area contributed by atoms with E-state index in [1.54, 1.807) is 0 Å². The van der Waals surface area contributed by atoms with Gasteiger partial charge < -0.3 is 29.2 Å². The minimum Gasteiger partial charge on any atom is -0.459 e. The summed E-state index contributed by atoms with van der Waals surface area (Å²) in [4.78, 5) is 12.0. The zero-order valence-corrected chi connectivity index (χ0v) is 23.3. The van der Waals surface area contributed by atoms with Crippen LogP contribution in [-0.2, 0) is 23.7 Å². The van der Waals surface area contributed by atoms with Gasteiger partial charge in [-0.3, -0.25) is 0 Å². The fraction of sp³-hybridized carbons (Fsp3) is 0.833. The number of fused-ring (bicyclic) bond motifs is 2. The van der Waals surface area contributed by atoms with E-state index in [-0.39, 0.29) is 17.9 Å². The van der Waals surface area contributed by atoms with E-state index in [2.05, 4.69) is 27.4 Å². The third kappa shape index (κ3) is 4.43. The van der Waals surface area contributed by atoms with Crippen molar-refractivity contribution in [2.75, 3.05) is 13.2 Å². The first-order valence-electron chi connectivity index (χ1n) is 14.2. The Kier molecular flexibility index (Phi) is 6.76. The second kappa shape index (κ2) is 9.16. The van der Waals surface area contributed by atoms with Gasteiger partial charge >= 0.3 is 5.97 Å². The minimum atomic E-state index is -1.32. The summed E-state index contributed by atoms with van der Waals surface area (Å²) in [5.74, 6) is -1.34. The zero-order valence-electron chi connectivity index (χ0n) is 23.3. The molecule has 5 heterocycles. The van der Waals surface area contributed by atoms with E-state index >= 15 is 0 Å². The summed E-state index contributed by atoms with van der Waals surface area (Å²) in [6, 6.07) is 0. The third-order valence-corrected chi connectivity index (χ3v) is 10.7. The van der Waals surface area contributed by atoms with Crippen molar-refractivity contribution in [3.63, 3.8) is 0 Å². The molecule has 0 radical (unpaired) electrons. The monoisotopic (exact) mass is 518 g/mol. The lowest BCUT2D eigenvalue weighted by Gasteiger charge is -2.66. The Morgan fingerprint density at radius 3 is 2.41 bits per heavy atom. The normalized spacial score (nSPS) is 46.0. The van der Waals surface area contributed by atoms with Crippen LogP contribution in [0, 0.1) is 23.2 Å². The van der Waals surface area contributed by atoms with Gasteiger partial charge in [-0.25, -0.2) is 4.79 Å². The molecule has 208 valence electrons. The topological polar surface area (TPSA) is 94.5 Å². The van der Waals surface area contributed by atoms with Crippen molar-refractivity contribution in [2.45, 2.75) is 121 Å². The molecular weight excluding hydrogens is 472 g/mol. The number of hydrogen-bond donors (Lipinski definition) is 2. The van der Waals surface area contributed by atoms with Crippen molar-refractivity contribution >= 4 is 5.97 Å². The molecule has 2 bridgehead atoms. The lowest BCUT2D eigenvalue weighted by Crippen LogP contribution is -2.78. The molecular formula is C30H46O7. The summed E-state index contributed by atoms with van der Waals surface area (Å²) in [6.45, 7) is 15.6. The van der Waals surface area contributed by atoms with Gasteiger partial charge in [-0.15, -0.1) is 0 Å². The summed E-state index contributed by atoms with van der Waals surface area (Å²) in [5.41, 5.74) is 0.353. The summed E-state index contributed by atoms with van der Waals surface area (Å²) >= 11 is 0. The van der Waals surface area contributed by atoms with Crippen molar-refractivity contribution in [1.29, 1.82) is 0 Å². The number of carbonyl (C=O) groups is 1. The summed E-state index contributed by atoms with van der Waals surface area (Å²) in [7, 11) is 0. The number of rotatable bonds is 5. The highest BCUT2D eigenvalue weighted by atomic mass is 16.8. The third-order valence-electron chi connectivity index (χ3n) is 10.7. The Bertz CT molecular complexity index is 959. The van der Waals surface area contributed by atoms with Gasteiger partial charge in [0.1, 0.15) is 23.9 Å². The van der Waals surface area contributed by atoms with Crippen molar-refractivity contribution in [2.24, 2.45) is 23.2 Å². The molecule has 0 aromatic rings. The fourth-order valence-electron chi connectivity index (χ4n) is 7.82. The number of aliphatic hydroxyl groups excluding tert-OH is 1. The van der Waals surface area contributed by atoms with E-state index in [1.165, 1.54) is 5.57 Å². The maximum absolute atomic E-state index is 12.0. The average Bonchev–Trinajstić information content (AvgIpc) is 3.13. The number of cyclic esters (lactones) is 1. The second-order valence-electron chi connectivity index (χ2n) is 13.6. The second-order valence-corrected chi connectivity index (χ2v) is 13.6. The molecule has 7 nitrogen and oxygen atoms in total. The smallest absolute Gasteiger partial charge is 0.336 e. The first-order valence-corrected chi connectivity index (χ1v) is 14.2. The Balaban J connectivity index is 1.19. The summed E-state index contributed by atoms with van der Waals surface area (Å²) in [5, 5.41) is 21.3. The molecule has 5 saturated heterocycles. The molecule has 6 aliphatic rings. The van der Waals surface area contributed by atoms with Crippen LogP contribution in [-0.4, -0.2) is 58.3 Å². The first kappa shape index (κ1) is 27.3. The van der Waals surface area contributed by atoms with E-state index in [4.69, 9.17) is 18.9 Å². The lowest BCUT2D eigenvalue weighted by atomic mass is 9.58. The van der Waals surface area contributed by atoms with Crippen LogP contribution < -0.4 is 0 Å². The van der Waals surface area contributed by atoms with Gasteiger partial charge in [-0.05, 0) is 88.9 Å². The number of ether oxygens (including phenoxy) is 4. The molecule has 5 aliphatic heterocycles. The lowest BCUT2D eigenvalue weighted by molar-refractivity contribution is -0.522. The fourth-order valence-corrected chi connectivity index (χ4v) is 7.82. The van der Waals surface area contributed by atoms with Gasteiger partial charge in [-0.1, -0.05) is 32.1 Å². The highest BCUT2D eigenvalue weighted by Crippen LogP contribution is 2.59. The molecule has 0 aromatic carbocycles. The van der Waals surface area contributed by atoms with Gasteiger partial charge in [0.25, 0.3) is 0 Å². The highest BCUT2D eigenvalue weighted by Gasteiger charge is 2.71. The van der Waals surface area contributed by atoms with Gasteiger partial charge in [0.05, 0.1) is 12.2 Å². The standard InChI is InChI=1S/C30H46O7/c1-19-7-9-21(26(2,3)23(19)12-11-22-24(31)18-34-25(22)32)10-8-20-13-14-30(35-17-20)28(6)15-16-29(33,37-30)27(4,5)36-28/h11,20-21,23-24,31,33H,1,7-10,12-18H2,2-6H3/b22-11-/t20-,21+,23+,24+,28+,29+,30+/m1/s1. The van der Waals surface area contributed by atoms with Crippen molar-refractivity contribution < 1.29 is 34.0 Å².